The fraction of sp³-hybridized carbons (Fsp3) is 0.542. The van der Waals surface area contributed by atoms with Crippen molar-refractivity contribution in [1.82, 2.24) is 20.3 Å². The standard InChI is InChI=1S/C24H29FN6OS/c25-17-3-7-31(14-17)22-2-1-16(12-26-22)24-29-20-13-27-23(11-21(20)33-24)30-8-4-18(5-9-30)28-19-6-10-32-15-19/h1-2,11-13,17-19,28H,3-10,14-15H2. The molecule has 3 aromatic heterocycles. The van der Waals surface area contributed by atoms with Gasteiger partial charge in [0.25, 0.3) is 0 Å². The van der Waals surface area contributed by atoms with Crippen LogP contribution in [-0.4, -0.2) is 72.6 Å². The average molecular weight is 469 g/mol. The van der Waals surface area contributed by atoms with E-state index in [0.717, 1.165) is 84.5 Å². The maximum Gasteiger partial charge on any atom is 0.130 e. The minimum absolute atomic E-state index is 0.435. The number of halogens is 1. The van der Waals surface area contributed by atoms with Crippen molar-refractivity contribution in [2.24, 2.45) is 0 Å². The third-order valence-corrected chi connectivity index (χ3v) is 8.00. The van der Waals surface area contributed by atoms with Gasteiger partial charge in [-0.25, -0.2) is 19.3 Å². The van der Waals surface area contributed by atoms with Gasteiger partial charge in [-0.15, -0.1) is 11.3 Å². The summed E-state index contributed by atoms with van der Waals surface area (Å²) < 4.78 is 20.1. The maximum atomic E-state index is 13.5. The van der Waals surface area contributed by atoms with E-state index in [2.05, 4.69) is 21.3 Å². The molecule has 33 heavy (non-hydrogen) atoms. The van der Waals surface area contributed by atoms with Gasteiger partial charge >= 0.3 is 0 Å². The molecule has 0 aromatic carbocycles. The molecule has 2 unspecified atom stereocenters. The van der Waals surface area contributed by atoms with Crippen molar-refractivity contribution >= 4 is 33.2 Å². The first kappa shape index (κ1) is 21.2. The van der Waals surface area contributed by atoms with Gasteiger partial charge in [0, 0.05) is 56.2 Å². The average Bonchev–Trinajstić information content (AvgIpc) is 3.60. The molecule has 0 spiro atoms. The number of fused-ring (bicyclic) bond motifs is 1. The van der Waals surface area contributed by atoms with Crippen molar-refractivity contribution in [2.45, 2.75) is 43.9 Å². The van der Waals surface area contributed by atoms with E-state index in [-0.39, 0.29) is 0 Å². The molecule has 9 heteroatoms. The lowest BCUT2D eigenvalue weighted by atomic mass is 10.0. The van der Waals surface area contributed by atoms with Crippen LogP contribution in [-0.2, 0) is 4.74 Å². The van der Waals surface area contributed by atoms with Crippen molar-refractivity contribution in [3.8, 4) is 10.6 Å². The first-order chi connectivity index (χ1) is 16.2. The minimum atomic E-state index is -0.749. The summed E-state index contributed by atoms with van der Waals surface area (Å²) in [7, 11) is 0. The van der Waals surface area contributed by atoms with Crippen molar-refractivity contribution < 1.29 is 9.13 Å². The number of hydrogen-bond acceptors (Lipinski definition) is 8. The molecule has 0 bridgehead atoms. The number of ether oxygens (including phenoxy) is 1. The number of anilines is 2. The quantitative estimate of drug-likeness (QED) is 0.613. The molecule has 3 aliphatic rings. The Kier molecular flexibility index (Phi) is 5.85. The topological polar surface area (TPSA) is 66.4 Å². The Morgan fingerprint density at radius 3 is 2.55 bits per heavy atom. The molecular weight excluding hydrogens is 439 g/mol. The Morgan fingerprint density at radius 1 is 0.970 bits per heavy atom. The molecule has 6 rings (SSSR count). The predicted molar refractivity (Wildman–Crippen MR) is 130 cm³/mol. The molecule has 2 atom stereocenters. The van der Waals surface area contributed by atoms with E-state index in [0.29, 0.717) is 25.0 Å². The minimum Gasteiger partial charge on any atom is -0.380 e. The van der Waals surface area contributed by atoms with Gasteiger partial charge in [0.2, 0.25) is 0 Å². The Bertz CT molecular complexity index is 1090. The fourth-order valence-corrected chi connectivity index (χ4v) is 5.98. The second-order valence-electron chi connectivity index (χ2n) is 9.25. The van der Waals surface area contributed by atoms with Crippen molar-refractivity contribution in [3.63, 3.8) is 0 Å². The molecule has 0 radical (unpaired) electrons. The van der Waals surface area contributed by atoms with Gasteiger partial charge in [0.05, 0.1) is 24.0 Å². The first-order valence-corrected chi connectivity index (χ1v) is 12.7. The first-order valence-electron chi connectivity index (χ1n) is 11.9. The number of thiazole rings is 1. The lowest BCUT2D eigenvalue weighted by Gasteiger charge is -2.34. The molecule has 3 aliphatic heterocycles. The van der Waals surface area contributed by atoms with Crippen LogP contribution in [0.2, 0.25) is 0 Å². The van der Waals surface area contributed by atoms with Gasteiger partial charge in [-0.2, -0.15) is 0 Å². The van der Waals surface area contributed by atoms with E-state index in [1.54, 1.807) is 11.3 Å². The summed E-state index contributed by atoms with van der Waals surface area (Å²) in [6.07, 6.45) is 6.95. The van der Waals surface area contributed by atoms with E-state index < -0.39 is 6.17 Å². The summed E-state index contributed by atoms with van der Waals surface area (Å²) >= 11 is 1.67. The molecule has 0 amide bonds. The van der Waals surface area contributed by atoms with E-state index >= 15 is 0 Å². The SMILES string of the molecule is FC1CCN(c2ccc(-c3nc4cnc(N5CCC(NC6CCOC6)CC5)cc4s3)cn2)C1. The molecule has 3 aromatic rings. The number of hydrogen-bond donors (Lipinski definition) is 1. The van der Waals surface area contributed by atoms with E-state index in [1.807, 2.05) is 29.4 Å². The summed E-state index contributed by atoms with van der Waals surface area (Å²) in [5.41, 5.74) is 1.90. The van der Waals surface area contributed by atoms with Gasteiger partial charge in [0.1, 0.15) is 28.3 Å². The molecule has 3 fully saturated rings. The zero-order valence-electron chi connectivity index (χ0n) is 18.6. The maximum absolute atomic E-state index is 13.5. The zero-order chi connectivity index (χ0) is 22.2. The molecular formula is C24H29FN6OS. The van der Waals surface area contributed by atoms with Crippen molar-refractivity contribution in [2.75, 3.05) is 49.2 Å². The smallest absolute Gasteiger partial charge is 0.130 e. The van der Waals surface area contributed by atoms with Gasteiger partial charge in [-0.1, -0.05) is 0 Å². The van der Waals surface area contributed by atoms with Crippen LogP contribution in [0.3, 0.4) is 0 Å². The fourth-order valence-electron chi connectivity index (χ4n) is 5.02. The van der Waals surface area contributed by atoms with Crippen LogP contribution in [0.4, 0.5) is 16.0 Å². The second-order valence-corrected chi connectivity index (χ2v) is 10.3. The van der Waals surface area contributed by atoms with Crippen LogP contribution in [0.15, 0.2) is 30.6 Å². The number of nitrogens with zero attached hydrogens (tertiary/aromatic N) is 5. The Hall–Kier alpha value is -2.36. The van der Waals surface area contributed by atoms with Gasteiger partial charge in [-0.3, -0.25) is 0 Å². The number of pyridine rings is 2. The summed E-state index contributed by atoms with van der Waals surface area (Å²) in [5.74, 6) is 1.87. The van der Waals surface area contributed by atoms with Crippen LogP contribution < -0.4 is 15.1 Å². The monoisotopic (exact) mass is 468 g/mol. The Labute approximate surface area is 197 Å². The van der Waals surface area contributed by atoms with Crippen molar-refractivity contribution in [3.05, 3.63) is 30.6 Å². The molecule has 3 saturated heterocycles. The molecule has 6 heterocycles. The normalized spacial score (nSPS) is 24.3. The highest BCUT2D eigenvalue weighted by atomic mass is 32.1. The molecule has 174 valence electrons. The highest BCUT2D eigenvalue weighted by Crippen LogP contribution is 2.33. The summed E-state index contributed by atoms with van der Waals surface area (Å²) in [6.45, 7) is 4.92. The highest BCUT2D eigenvalue weighted by molar-refractivity contribution is 7.21. The Balaban J connectivity index is 1.12. The van der Waals surface area contributed by atoms with E-state index in [1.165, 1.54) is 0 Å². The largest absolute Gasteiger partial charge is 0.380 e. The van der Waals surface area contributed by atoms with Gasteiger partial charge in [0.15, 0.2) is 0 Å². The van der Waals surface area contributed by atoms with Crippen LogP contribution in [0.1, 0.15) is 25.7 Å². The number of rotatable bonds is 5. The summed E-state index contributed by atoms with van der Waals surface area (Å²) in [5, 5.41) is 4.70. The van der Waals surface area contributed by atoms with E-state index in [4.69, 9.17) is 14.7 Å². The third kappa shape index (κ3) is 4.54. The zero-order valence-corrected chi connectivity index (χ0v) is 19.4. The van der Waals surface area contributed by atoms with Crippen molar-refractivity contribution in [1.29, 1.82) is 0 Å². The summed E-state index contributed by atoms with van der Waals surface area (Å²) in [4.78, 5) is 18.4. The summed E-state index contributed by atoms with van der Waals surface area (Å²) in [6, 6.07) is 7.26. The molecule has 1 N–H and O–H groups in total. The van der Waals surface area contributed by atoms with Crippen LogP contribution in [0.5, 0.6) is 0 Å². The van der Waals surface area contributed by atoms with Crippen LogP contribution in [0, 0.1) is 0 Å². The van der Waals surface area contributed by atoms with E-state index in [9.17, 15) is 4.39 Å². The van der Waals surface area contributed by atoms with Gasteiger partial charge in [-0.05, 0) is 37.8 Å². The third-order valence-electron chi connectivity index (χ3n) is 6.93. The van der Waals surface area contributed by atoms with Crippen LogP contribution >= 0.6 is 11.3 Å². The molecule has 7 nitrogen and oxygen atoms in total. The van der Waals surface area contributed by atoms with Gasteiger partial charge < -0.3 is 19.9 Å². The number of piperidine rings is 1. The van der Waals surface area contributed by atoms with Crippen LogP contribution in [0.25, 0.3) is 20.8 Å². The predicted octanol–water partition coefficient (Wildman–Crippen LogP) is 3.65. The Morgan fingerprint density at radius 2 is 1.82 bits per heavy atom. The lowest BCUT2D eigenvalue weighted by molar-refractivity contribution is 0.186. The second kappa shape index (κ2) is 9.12. The number of alkyl halides is 1. The number of nitrogens with one attached hydrogen (secondary N) is 1. The highest BCUT2D eigenvalue weighted by Gasteiger charge is 2.25. The molecule has 0 aliphatic carbocycles. The lowest BCUT2D eigenvalue weighted by Crippen LogP contribution is -2.46. The molecule has 0 saturated carbocycles. The number of aromatic nitrogens is 3.